The zero-order chi connectivity index (χ0) is 41.1. The first-order chi connectivity index (χ1) is 29.0. The molecule has 4 nitrogen and oxygen atoms in total. The Kier molecular flexibility index (Phi) is 8.30. The zero-order valence-corrected chi connectivity index (χ0v) is 36.4. The van der Waals surface area contributed by atoms with Gasteiger partial charge in [0.05, 0.1) is 0 Å². The number of carbonyl (C=O) groups is 1. The number of benzene rings is 5. The van der Waals surface area contributed by atoms with Gasteiger partial charge in [-0.25, -0.2) is 4.79 Å². The van der Waals surface area contributed by atoms with E-state index in [1.54, 1.807) is 28.7 Å². The molecule has 0 bridgehead atoms. The van der Waals surface area contributed by atoms with Crippen LogP contribution in [-0.2, 0) is 15.6 Å². The molecule has 9 aromatic rings. The lowest BCUT2D eigenvalue weighted by atomic mass is 9.82. The van der Waals surface area contributed by atoms with E-state index in [9.17, 15) is 15.2 Å². The molecular weight excluding hydrogens is 813 g/mol. The summed E-state index contributed by atoms with van der Waals surface area (Å²) in [6.45, 7) is 9.39. The first kappa shape index (κ1) is 37.0. The van der Waals surface area contributed by atoms with Crippen LogP contribution in [0.5, 0.6) is 0 Å². The number of aliphatic carboxylic acids is 1. The van der Waals surface area contributed by atoms with Gasteiger partial charge in [-0.15, -0.1) is 45.3 Å². The maximum atomic E-state index is 11.3. The second-order valence-electron chi connectivity index (χ2n) is 16.6. The summed E-state index contributed by atoms with van der Waals surface area (Å²) in [4.78, 5) is 18.2. The normalized spacial score (nSPS) is 14.5. The molecule has 0 saturated carbocycles. The Morgan fingerprint density at radius 2 is 1.00 bits per heavy atom. The van der Waals surface area contributed by atoms with Crippen LogP contribution in [0, 0.1) is 11.3 Å². The number of hydrogen-bond donors (Lipinski definition) is 1. The SMILES string of the molecule is CC1(C)c2ccccc2-c2ccc(N(c3ccc(-c4cc5sc(-c6cc7sc(C=C(C#N)C(=O)O)cc7s6)cc5s4)cc3)c3ccc4c(c3)C(C)(C)c3ccccc3-4)cc21. The van der Waals surface area contributed by atoms with Gasteiger partial charge in [0, 0.05) is 66.2 Å². The molecule has 0 aliphatic heterocycles. The van der Waals surface area contributed by atoms with Gasteiger partial charge in [-0.2, -0.15) is 5.26 Å². The maximum absolute atomic E-state index is 11.3. The molecule has 4 aromatic heterocycles. The lowest BCUT2D eigenvalue weighted by molar-refractivity contribution is -0.132. The Balaban J connectivity index is 0.941. The summed E-state index contributed by atoms with van der Waals surface area (Å²) < 4.78 is 4.72. The van der Waals surface area contributed by atoms with Crippen molar-refractivity contribution in [2.75, 3.05) is 4.90 Å². The molecular formula is C52H36N2O2S4. The third-order valence-corrected chi connectivity index (χ3v) is 17.2. The Morgan fingerprint density at radius 3 is 1.52 bits per heavy atom. The number of nitriles is 1. The van der Waals surface area contributed by atoms with E-state index >= 15 is 0 Å². The van der Waals surface area contributed by atoms with E-state index in [2.05, 4.69) is 160 Å². The molecule has 60 heavy (non-hydrogen) atoms. The van der Waals surface area contributed by atoms with Crippen molar-refractivity contribution in [3.05, 3.63) is 166 Å². The summed E-state index contributed by atoms with van der Waals surface area (Å²) in [5, 5.41) is 18.4. The van der Waals surface area contributed by atoms with Crippen molar-refractivity contribution in [1.29, 1.82) is 5.26 Å². The molecule has 0 amide bonds. The van der Waals surface area contributed by atoms with Gasteiger partial charge in [0.1, 0.15) is 11.6 Å². The van der Waals surface area contributed by atoms with Crippen molar-refractivity contribution in [2.45, 2.75) is 38.5 Å². The molecule has 0 spiro atoms. The highest BCUT2D eigenvalue weighted by Gasteiger charge is 2.37. The fraction of sp³-hybridized carbons (Fsp3) is 0.115. The van der Waals surface area contributed by atoms with Crippen LogP contribution in [-0.4, -0.2) is 11.1 Å². The standard InChI is InChI=1S/C52H36N2O2S4/c1-51(2)39-11-7-5-9-35(39)37-19-17-32(22-41(37)51)54(33-18-20-38-36-10-6-8-12-40(36)52(3,4)42(38)23-33)31-15-13-29(14-16-31)43-25-46-47(58-43)27-49(60-46)48-26-45-44(59-48)24-34(57-45)21-30(28-53)50(55)56/h5-27H,1-4H3,(H,55,56). The van der Waals surface area contributed by atoms with E-state index in [4.69, 9.17) is 0 Å². The number of carboxylic acids is 1. The highest BCUT2D eigenvalue weighted by atomic mass is 32.1. The molecule has 2 aliphatic rings. The van der Waals surface area contributed by atoms with Crippen LogP contribution in [0.15, 0.2) is 139 Å². The van der Waals surface area contributed by atoms with Crippen LogP contribution in [0.2, 0.25) is 0 Å². The molecule has 0 atom stereocenters. The van der Waals surface area contributed by atoms with Crippen LogP contribution in [0.4, 0.5) is 17.1 Å². The van der Waals surface area contributed by atoms with Crippen LogP contribution in [0.1, 0.15) is 54.8 Å². The molecule has 2 aliphatic carbocycles. The Labute approximate surface area is 364 Å². The zero-order valence-electron chi connectivity index (χ0n) is 33.2. The maximum Gasteiger partial charge on any atom is 0.346 e. The number of anilines is 3. The number of thiophene rings is 4. The highest BCUT2D eigenvalue weighted by Crippen LogP contribution is 2.53. The van der Waals surface area contributed by atoms with Gasteiger partial charge in [0.2, 0.25) is 0 Å². The second kappa shape index (κ2) is 13.5. The van der Waals surface area contributed by atoms with Gasteiger partial charge in [0.15, 0.2) is 0 Å². The lowest BCUT2D eigenvalue weighted by Crippen LogP contribution is -2.18. The van der Waals surface area contributed by atoms with Crippen LogP contribution < -0.4 is 4.90 Å². The fourth-order valence-corrected chi connectivity index (χ4v) is 14.1. The van der Waals surface area contributed by atoms with Crippen molar-refractivity contribution >= 4 is 93.3 Å². The number of fused-ring (bicyclic) bond motifs is 8. The summed E-state index contributed by atoms with van der Waals surface area (Å²) in [5.74, 6) is -1.21. The van der Waals surface area contributed by atoms with E-state index in [-0.39, 0.29) is 16.4 Å². The van der Waals surface area contributed by atoms with Crippen molar-refractivity contribution in [3.8, 4) is 48.5 Å². The predicted molar refractivity (Wildman–Crippen MR) is 255 cm³/mol. The highest BCUT2D eigenvalue weighted by molar-refractivity contribution is 7.34. The molecule has 8 heteroatoms. The van der Waals surface area contributed by atoms with Gasteiger partial charge >= 0.3 is 5.97 Å². The van der Waals surface area contributed by atoms with Gasteiger partial charge < -0.3 is 10.0 Å². The summed E-state index contributed by atoms with van der Waals surface area (Å²) in [6.07, 6.45) is 1.45. The average molecular weight is 849 g/mol. The van der Waals surface area contributed by atoms with E-state index < -0.39 is 5.97 Å². The Hall–Kier alpha value is -6.08. The third-order valence-electron chi connectivity index (χ3n) is 12.4. The number of hydrogen-bond acceptors (Lipinski definition) is 7. The number of rotatable bonds is 7. The molecule has 0 radical (unpaired) electrons. The van der Waals surface area contributed by atoms with Crippen molar-refractivity contribution in [3.63, 3.8) is 0 Å². The van der Waals surface area contributed by atoms with Crippen LogP contribution in [0.25, 0.3) is 67.3 Å². The quantitative estimate of drug-likeness (QED) is 0.128. The number of carboxylic acid groups (broad SMARTS) is 1. The van der Waals surface area contributed by atoms with Crippen molar-refractivity contribution in [1.82, 2.24) is 0 Å². The Morgan fingerprint density at radius 1 is 0.550 bits per heavy atom. The second-order valence-corrected chi connectivity index (χ2v) is 21.0. The van der Waals surface area contributed by atoms with E-state index in [0.717, 1.165) is 31.3 Å². The summed E-state index contributed by atoms with van der Waals surface area (Å²) in [5.41, 5.74) is 14.9. The average Bonchev–Trinajstić information content (AvgIpc) is 4.08. The first-order valence-corrected chi connectivity index (χ1v) is 23.1. The molecule has 0 saturated heterocycles. The summed E-state index contributed by atoms with van der Waals surface area (Å²) >= 11 is 6.84. The smallest absolute Gasteiger partial charge is 0.346 e. The van der Waals surface area contributed by atoms with Crippen LogP contribution in [0.3, 0.4) is 0 Å². The molecule has 1 N–H and O–H groups in total. The summed E-state index contributed by atoms with van der Waals surface area (Å²) in [7, 11) is 0. The van der Waals surface area contributed by atoms with Gasteiger partial charge in [-0.3, -0.25) is 0 Å². The van der Waals surface area contributed by atoms with Gasteiger partial charge in [-0.1, -0.05) is 100 Å². The topological polar surface area (TPSA) is 64.3 Å². The molecule has 0 unspecified atom stereocenters. The van der Waals surface area contributed by atoms with Gasteiger partial charge in [-0.05, 0) is 117 Å². The largest absolute Gasteiger partial charge is 0.477 e. The molecule has 0 fully saturated rings. The monoisotopic (exact) mass is 848 g/mol. The predicted octanol–water partition coefficient (Wildman–Crippen LogP) is 15.6. The van der Waals surface area contributed by atoms with Crippen LogP contribution >= 0.6 is 45.3 Å². The molecule has 290 valence electrons. The van der Waals surface area contributed by atoms with Gasteiger partial charge in [0.25, 0.3) is 0 Å². The molecule has 11 rings (SSSR count). The molecule has 5 aromatic carbocycles. The first-order valence-electron chi connectivity index (χ1n) is 19.8. The van der Waals surface area contributed by atoms with E-state index in [1.807, 2.05) is 17.4 Å². The summed E-state index contributed by atoms with van der Waals surface area (Å²) in [6, 6.07) is 51.3. The molecule has 4 heterocycles. The lowest BCUT2D eigenvalue weighted by Gasteiger charge is -2.30. The van der Waals surface area contributed by atoms with Crippen molar-refractivity contribution < 1.29 is 9.90 Å². The number of nitrogens with zero attached hydrogens (tertiary/aromatic N) is 2. The minimum absolute atomic E-state index is 0.113. The Bertz CT molecular complexity index is 3160. The minimum Gasteiger partial charge on any atom is -0.477 e. The third kappa shape index (κ3) is 5.68. The fourth-order valence-electron chi connectivity index (χ4n) is 9.32. The van der Waals surface area contributed by atoms with E-state index in [1.165, 1.54) is 91.5 Å². The minimum atomic E-state index is -1.21. The van der Waals surface area contributed by atoms with E-state index in [0.29, 0.717) is 0 Å². The van der Waals surface area contributed by atoms with Crippen molar-refractivity contribution in [2.24, 2.45) is 0 Å².